The molecular weight excluding hydrogens is 600 g/mol. The molecule has 0 aromatic rings. The Labute approximate surface area is 181 Å². The summed E-state index contributed by atoms with van der Waals surface area (Å²) in [6.07, 6.45) is 0. The molecule has 0 aromatic heterocycles. The maximum Gasteiger partial charge on any atom is 0.394 e. The summed E-state index contributed by atoms with van der Waals surface area (Å²) in [5.41, 5.74) is 0. The van der Waals surface area contributed by atoms with E-state index < -0.39 is 62.4 Å². The predicted molar refractivity (Wildman–Crippen MR) is 96.4 cm³/mol. The van der Waals surface area contributed by atoms with Crippen molar-refractivity contribution in [1.29, 1.82) is 0 Å². The summed E-state index contributed by atoms with van der Waals surface area (Å²) in [7, 11) is -28.0. The van der Waals surface area contributed by atoms with E-state index in [0.29, 0.717) is 0 Å². The molecule has 30 heteroatoms. The molecule has 0 heterocycles. The molecule has 0 unspecified atom stereocenters. The van der Waals surface area contributed by atoms with Gasteiger partial charge < -0.3 is 0 Å². The molecule has 0 saturated carbocycles. The van der Waals surface area contributed by atoms with Crippen molar-refractivity contribution in [3.8, 4) is 0 Å². The molecule has 0 fully saturated rings. The molecule has 0 aliphatic heterocycles. The molecule has 206 valence electrons. The maximum absolute atomic E-state index is 8.74. The van der Waals surface area contributed by atoms with Crippen molar-refractivity contribution in [3.05, 3.63) is 0 Å². The van der Waals surface area contributed by atoms with E-state index in [2.05, 4.69) is 0 Å². The SMILES string of the molecule is CC.O=S(=O)(O)O.O=S(=O)(O)O.O=S(=O)(O)O.O=S(=O)(O)O.O=S(=O)(O)O.O=S(=O)(O)O. The molecule has 0 rings (SSSR count). The van der Waals surface area contributed by atoms with Crippen LogP contribution >= 0.6 is 0 Å². The van der Waals surface area contributed by atoms with Gasteiger partial charge in [0.1, 0.15) is 0 Å². The van der Waals surface area contributed by atoms with Crippen molar-refractivity contribution in [2.45, 2.75) is 13.8 Å². The summed E-state index contributed by atoms with van der Waals surface area (Å²) in [5.74, 6) is 0. The highest BCUT2D eigenvalue weighted by atomic mass is 32.3. The van der Waals surface area contributed by atoms with Gasteiger partial charge in [0.25, 0.3) is 0 Å². The lowest BCUT2D eigenvalue weighted by molar-refractivity contribution is 0.378. The molecule has 24 nitrogen and oxygen atoms in total. The normalized spacial score (nSPS) is 11.1. The number of hydrogen-bond acceptors (Lipinski definition) is 12. The first-order valence-electron chi connectivity index (χ1n) is 5.19. The zero-order valence-electron chi connectivity index (χ0n) is 14.7. The topological polar surface area (TPSA) is 448 Å². The van der Waals surface area contributed by atoms with Gasteiger partial charge in [-0.15, -0.1) is 0 Å². The van der Waals surface area contributed by atoms with E-state index in [1.807, 2.05) is 13.8 Å². The van der Waals surface area contributed by atoms with Gasteiger partial charge in [0.15, 0.2) is 0 Å². The van der Waals surface area contributed by atoms with Gasteiger partial charge >= 0.3 is 62.4 Å². The van der Waals surface area contributed by atoms with Crippen molar-refractivity contribution in [3.63, 3.8) is 0 Å². The first-order chi connectivity index (χ1) is 13.0. The van der Waals surface area contributed by atoms with Crippen LogP contribution in [0.25, 0.3) is 0 Å². The second-order valence-electron chi connectivity index (χ2n) is 2.69. The molecule has 0 amide bonds. The van der Waals surface area contributed by atoms with Crippen LogP contribution in [0.2, 0.25) is 0 Å². The molecule has 0 aliphatic rings. The highest BCUT2D eigenvalue weighted by Gasteiger charge is 1.86. The summed E-state index contributed by atoms with van der Waals surface area (Å²) >= 11 is 0. The van der Waals surface area contributed by atoms with Crippen LogP contribution in [0, 0.1) is 0 Å². The molecule has 0 aliphatic carbocycles. The molecule has 0 saturated heterocycles. The molecule has 12 N–H and O–H groups in total. The Morgan fingerprint density at radius 1 is 0.250 bits per heavy atom. The summed E-state index contributed by atoms with van der Waals surface area (Å²) in [6.45, 7) is 4.00. The van der Waals surface area contributed by atoms with Crippen LogP contribution in [0.1, 0.15) is 13.8 Å². The standard InChI is InChI=1S/C2H6.6H2O4S/c1-2;6*1-5(2,3)4/h1-2H3;6*(H2,1,2,3,4). The molecule has 0 atom stereocenters. The van der Waals surface area contributed by atoms with E-state index in [1.165, 1.54) is 0 Å². The highest BCUT2D eigenvalue weighted by molar-refractivity contribution is 7.81. The lowest BCUT2D eigenvalue weighted by Crippen LogP contribution is -1.89. The molecule has 0 radical (unpaired) electrons. The fourth-order valence-corrected chi connectivity index (χ4v) is 0. The minimum absolute atomic E-state index is 2.00. The monoisotopic (exact) mass is 618 g/mol. The van der Waals surface area contributed by atoms with Gasteiger partial charge in [-0.3, -0.25) is 54.6 Å². The van der Waals surface area contributed by atoms with Crippen molar-refractivity contribution in [2.75, 3.05) is 0 Å². The smallest absolute Gasteiger partial charge is 0.264 e. The average molecular weight is 619 g/mol. The van der Waals surface area contributed by atoms with Crippen LogP contribution in [0.4, 0.5) is 0 Å². The van der Waals surface area contributed by atoms with Gasteiger partial charge in [0.05, 0.1) is 0 Å². The lowest BCUT2D eigenvalue weighted by Gasteiger charge is -1.68. The molecule has 32 heavy (non-hydrogen) atoms. The maximum atomic E-state index is 8.74. The summed E-state index contributed by atoms with van der Waals surface area (Å²) in [5, 5.41) is 0. The quantitative estimate of drug-likeness (QED) is 0.121. The van der Waals surface area contributed by atoms with Gasteiger partial charge in [0.2, 0.25) is 0 Å². The number of hydrogen-bond donors (Lipinski definition) is 12. The van der Waals surface area contributed by atoms with Gasteiger partial charge in [0, 0.05) is 0 Å². The Balaban J connectivity index is -0.0000000461. The Morgan fingerprint density at radius 3 is 0.250 bits per heavy atom. The van der Waals surface area contributed by atoms with Crippen LogP contribution in [0.15, 0.2) is 0 Å². The van der Waals surface area contributed by atoms with Gasteiger partial charge in [-0.1, -0.05) is 13.8 Å². The van der Waals surface area contributed by atoms with Crippen LogP contribution in [0.3, 0.4) is 0 Å². The average Bonchev–Trinajstić information content (AvgIpc) is 2.14. The molecule has 0 bridgehead atoms. The van der Waals surface area contributed by atoms with Crippen LogP contribution in [0.5, 0.6) is 0 Å². The second-order valence-corrected chi connectivity index (χ2v) is 8.06. The summed E-state index contributed by atoms with van der Waals surface area (Å²) in [6, 6.07) is 0. The molecular formula is C2H18O24S6. The van der Waals surface area contributed by atoms with Crippen molar-refractivity contribution in [2.24, 2.45) is 0 Å². The Hall–Kier alpha value is -0.780. The Kier molecular flexibility index (Phi) is 31.6. The third-order valence-corrected chi connectivity index (χ3v) is 0. The van der Waals surface area contributed by atoms with Crippen LogP contribution < -0.4 is 0 Å². The summed E-state index contributed by atoms with van der Waals surface area (Å²) < 4.78 is 190. The van der Waals surface area contributed by atoms with Crippen molar-refractivity contribution >= 4 is 62.4 Å². The minimum Gasteiger partial charge on any atom is -0.264 e. The van der Waals surface area contributed by atoms with E-state index in [1.54, 1.807) is 0 Å². The van der Waals surface area contributed by atoms with Crippen LogP contribution in [-0.4, -0.2) is 105 Å². The Bertz CT molecular complexity index is 764. The van der Waals surface area contributed by atoms with E-state index in [-0.39, 0.29) is 0 Å². The van der Waals surface area contributed by atoms with Crippen molar-refractivity contribution in [1.82, 2.24) is 0 Å². The fraction of sp³-hybridized carbons (Fsp3) is 1.00. The van der Waals surface area contributed by atoms with Gasteiger partial charge in [-0.05, 0) is 0 Å². The minimum atomic E-state index is -4.67. The first kappa shape index (κ1) is 48.6. The second kappa shape index (κ2) is 20.8. The molecule has 0 aromatic carbocycles. The zero-order valence-corrected chi connectivity index (χ0v) is 19.6. The third-order valence-electron chi connectivity index (χ3n) is 0. The largest absolute Gasteiger partial charge is 0.394 e. The third kappa shape index (κ3) is 38200. The first-order valence-corrected chi connectivity index (χ1v) is 13.6. The van der Waals surface area contributed by atoms with E-state index in [0.717, 1.165) is 0 Å². The summed E-state index contributed by atoms with van der Waals surface area (Å²) in [4.78, 5) is 0. The highest BCUT2D eigenvalue weighted by Crippen LogP contribution is 1.61. The van der Waals surface area contributed by atoms with Gasteiger partial charge in [-0.25, -0.2) is 0 Å². The Morgan fingerprint density at radius 2 is 0.250 bits per heavy atom. The van der Waals surface area contributed by atoms with Gasteiger partial charge in [-0.2, -0.15) is 50.5 Å². The van der Waals surface area contributed by atoms with E-state index >= 15 is 0 Å². The molecule has 0 spiro atoms. The van der Waals surface area contributed by atoms with Crippen molar-refractivity contribution < 1.29 is 105 Å². The lowest BCUT2D eigenvalue weighted by atomic mass is 11.0. The zero-order chi connectivity index (χ0) is 29.0. The number of rotatable bonds is 0. The fourth-order valence-electron chi connectivity index (χ4n) is 0. The van der Waals surface area contributed by atoms with Crippen LogP contribution in [-0.2, 0) is 62.4 Å². The predicted octanol–water partition coefficient (Wildman–Crippen LogP) is -2.89. The van der Waals surface area contributed by atoms with E-state index in [9.17, 15) is 0 Å². The van der Waals surface area contributed by atoms with E-state index in [4.69, 9.17) is 105 Å².